The molecule has 0 bridgehead atoms. The summed E-state index contributed by atoms with van der Waals surface area (Å²) in [4.78, 5) is 10.6. The number of ether oxygens (including phenoxy) is 1. The summed E-state index contributed by atoms with van der Waals surface area (Å²) in [6, 6.07) is 12.9. The molecule has 2 aromatic carbocycles. The van der Waals surface area contributed by atoms with E-state index in [2.05, 4.69) is 22.6 Å². The maximum absolute atomic E-state index is 11.0. The number of nitro benzene ring substituents is 1. The third-order valence-corrected chi connectivity index (χ3v) is 3.41. The molecule has 0 amide bonds. The SMILES string of the molecule is Cc1cccc(OCc2ccc(I)cc2)c1[N+](=O)[O-]. The number of halogens is 1. The fraction of sp³-hybridized carbons (Fsp3) is 0.143. The normalized spacial score (nSPS) is 10.2. The Balaban J connectivity index is 2.18. The second-order valence-electron chi connectivity index (χ2n) is 4.09. The van der Waals surface area contributed by atoms with Crippen LogP contribution >= 0.6 is 22.6 Å². The molecule has 2 rings (SSSR count). The van der Waals surface area contributed by atoms with Gasteiger partial charge in [-0.2, -0.15) is 0 Å². The average molecular weight is 369 g/mol. The average Bonchev–Trinajstić information content (AvgIpc) is 2.37. The Morgan fingerprint density at radius 1 is 1.21 bits per heavy atom. The lowest BCUT2D eigenvalue weighted by Gasteiger charge is -2.08. The predicted octanol–water partition coefficient (Wildman–Crippen LogP) is 4.09. The molecule has 0 unspecified atom stereocenters. The smallest absolute Gasteiger partial charge is 0.313 e. The van der Waals surface area contributed by atoms with Crippen molar-refractivity contribution in [3.05, 3.63) is 67.3 Å². The molecular weight excluding hydrogens is 357 g/mol. The minimum Gasteiger partial charge on any atom is -0.482 e. The number of para-hydroxylation sites is 1. The predicted molar refractivity (Wildman–Crippen MR) is 81.3 cm³/mol. The van der Waals surface area contributed by atoms with Crippen molar-refractivity contribution in [2.75, 3.05) is 0 Å². The van der Waals surface area contributed by atoms with Crippen LogP contribution < -0.4 is 4.74 Å². The van der Waals surface area contributed by atoms with Gasteiger partial charge in [0.1, 0.15) is 6.61 Å². The van der Waals surface area contributed by atoms with Crippen LogP contribution in [0.5, 0.6) is 5.75 Å². The van der Waals surface area contributed by atoms with Crippen molar-refractivity contribution >= 4 is 28.3 Å². The van der Waals surface area contributed by atoms with Gasteiger partial charge in [-0.3, -0.25) is 10.1 Å². The van der Waals surface area contributed by atoms with E-state index in [1.54, 1.807) is 25.1 Å². The number of benzene rings is 2. The molecule has 0 radical (unpaired) electrons. The van der Waals surface area contributed by atoms with Gasteiger partial charge >= 0.3 is 5.69 Å². The van der Waals surface area contributed by atoms with E-state index in [4.69, 9.17) is 4.74 Å². The van der Waals surface area contributed by atoms with Crippen molar-refractivity contribution in [3.8, 4) is 5.75 Å². The number of aryl methyl sites for hydroxylation is 1. The molecule has 0 N–H and O–H groups in total. The Hall–Kier alpha value is -1.63. The zero-order valence-corrected chi connectivity index (χ0v) is 12.5. The maximum Gasteiger partial charge on any atom is 0.313 e. The molecule has 0 fully saturated rings. The molecule has 0 aliphatic rings. The molecule has 0 aliphatic carbocycles. The summed E-state index contributed by atoms with van der Waals surface area (Å²) < 4.78 is 6.70. The van der Waals surface area contributed by atoms with Crippen LogP contribution in [-0.4, -0.2) is 4.92 Å². The van der Waals surface area contributed by atoms with E-state index in [1.807, 2.05) is 24.3 Å². The molecule has 0 saturated heterocycles. The molecule has 0 saturated carbocycles. The zero-order valence-electron chi connectivity index (χ0n) is 10.3. The van der Waals surface area contributed by atoms with Crippen LogP contribution in [0, 0.1) is 20.6 Å². The third-order valence-electron chi connectivity index (χ3n) is 2.69. The van der Waals surface area contributed by atoms with Crippen molar-refractivity contribution < 1.29 is 9.66 Å². The topological polar surface area (TPSA) is 52.4 Å². The Morgan fingerprint density at radius 3 is 2.53 bits per heavy atom. The molecule has 0 heterocycles. The van der Waals surface area contributed by atoms with E-state index >= 15 is 0 Å². The van der Waals surface area contributed by atoms with Crippen molar-refractivity contribution in [3.63, 3.8) is 0 Å². The van der Waals surface area contributed by atoms with Gasteiger partial charge in [-0.15, -0.1) is 0 Å². The first kappa shape index (κ1) is 13.8. The highest BCUT2D eigenvalue weighted by molar-refractivity contribution is 14.1. The first-order chi connectivity index (χ1) is 9.08. The van der Waals surface area contributed by atoms with E-state index in [-0.39, 0.29) is 5.69 Å². The molecule has 0 spiro atoms. The maximum atomic E-state index is 11.0. The first-order valence-corrected chi connectivity index (χ1v) is 6.77. The van der Waals surface area contributed by atoms with Gasteiger partial charge in [0.15, 0.2) is 5.75 Å². The molecule has 5 heteroatoms. The van der Waals surface area contributed by atoms with Crippen LogP contribution in [0.3, 0.4) is 0 Å². The summed E-state index contributed by atoms with van der Waals surface area (Å²) in [5.74, 6) is 0.309. The number of nitro groups is 1. The number of rotatable bonds is 4. The van der Waals surface area contributed by atoms with Crippen LogP contribution in [0.1, 0.15) is 11.1 Å². The highest BCUT2D eigenvalue weighted by Crippen LogP contribution is 2.30. The Kier molecular flexibility index (Phi) is 4.36. The summed E-state index contributed by atoms with van der Waals surface area (Å²) in [5, 5.41) is 11.0. The van der Waals surface area contributed by atoms with Gasteiger partial charge in [-0.25, -0.2) is 0 Å². The second kappa shape index (κ2) is 6.01. The van der Waals surface area contributed by atoms with Crippen molar-refractivity contribution in [2.24, 2.45) is 0 Å². The van der Waals surface area contributed by atoms with E-state index in [0.717, 1.165) is 9.13 Å². The van der Waals surface area contributed by atoms with Gasteiger partial charge in [0.05, 0.1) is 4.92 Å². The van der Waals surface area contributed by atoms with Gasteiger partial charge < -0.3 is 4.74 Å². The van der Waals surface area contributed by atoms with Gasteiger partial charge in [-0.05, 0) is 53.3 Å². The molecule has 4 nitrogen and oxygen atoms in total. The largest absolute Gasteiger partial charge is 0.482 e. The fourth-order valence-electron chi connectivity index (χ4n) is 1.72. The van der Waals surface area contributed by atoms with Crippen molar-refractivity contribution in [1.29, 1.82) is 0 Å². The Morgan fingerprint density at radius 2 is 1.89 bits per heavy atom. The summed E-state index contributed by atoms with van der Waals surface area (Å²) in [7, 11) is 0. The monoisotopic (exact) mass is 369 g/mol. The number of hydrogen-bond donors (Lipinski definition) is 0. The van der Waals surface area contributed by atoms with E-state index < -0.39 is 4.92 Å². The van der Waals surface area contributed by atoms with E-state index in [0.29, 0.717) is 17.9 Å². The molecule has 0 aliphatic heterocycles. The molecule has 19 heavy (non-hydrogen) atoms. The zero-order chi connectivity index (χ0) is 13.8. The van der Waals surface area contributed by atoms with Gasteiger partial charge in [0, 0.05) is 9.13 Å². The van der Waals surface area contributed by atoms with Crippen LogP contribution in [0.4, 0.5) is 5.69 Å². The number of nitrogens with zero attached hydrogens (tertiary/aromatic N) is 1. The highest BCUT2D eigenvalue weighted by Gasteiger charge is 2.17. The van der Waals surface area contributed by atoms with E-state index in [9.17, 15) is 10.1 Å². The van der Waals surface area contributed by atoms with Crippen molar-refractivity contribution in [1.82, 2.24) is 0 Å². The standard InChI is InChI=1S/C14H12INO3/c1-10-3-2-4-13(14(10)16(17)18)19-9-11-5-7-12(15)8-6-11/h2-8H,9H2,1H3. The van der Waals surface area contributed by atoms with Crippen molar-refractivity contribution in [2.45, 2.75) is 13.5 Å². The number of hydrogen-bond acceptors (Lipinski definition) is 3. The van der Waals surface area contributed by atoms with Crippen LogP contribution in [0.2, 0.25) is 0 Å². The Labute approximate surface area is 124 Å². The van der Waals surface area contributed by atoms with Crippen LogP contribution in [0.25, 0.3) is 0 Å². The molecule has 2 aromatic rings. The summed E-state index contributed by atoms with van der Waals surface area (Å²) >= 11 is 2.22. The third kappa shape index (κ3) is 3.44. The van der Waals surface area contributed by atoms with Gasteiger partial charge in [0.25, 0.3) is 0 Å². The molecule has 0 atom stereocenters. The fourth-order valence-corrected chi connectivity index (χ4v) is 2.08. The van der Waals surface area contributed by atoms with Crippen LogP contribution in [-0.2, 0) is 6.61 Å². The molecular formula is C14H12INO3. The Bertz CT molecular complexity index is 596. The molecule has 0 aromatic heterocycles. The summed E-state index contributed by atoms with van der Waals surface area (Å²) in [6.45, 7) is 2.02. The lowest BCUT2D eigenvalue weighted by atomic mass is 10.2. The van der Waals surface area contributed by atoms with Crippen LogP contribution in [0.15, 0.2) is 42.5 Å². The minimum atomic E-state index is -0.404. The first-order valence-electron chi connectivity index (χ1n) is 5.69. The lowest BCUT2D eigenvalue weighted by Crippen LogP contribution is -2.00. The second-order valence-corrected chi connectivity index (χ2v) is 5.34. The van der Waals surface area contributed by atoms with Gasteiger partial charge in [-0.1, -0.05) is 24.3 Å². The summed E-state index contributed by atoms with van der Waals surface area (Å²) in [5.41, 5.74) is 1.62. The minimum absolute atomic E-state index is 0.0352. The lowest BCUT2D eigenvalue weighted by molar-refractivity contribution is -0.386. The van der Waals surface area contributed by atoms with Gasteiger partial charge in [0.2, 0.25) is 0 Å². The highest BCUT2D eigenvalue weighted by atomic mass is 127. The quantitative estimate of drug-likeness (QED) is 0.464. The molecule has 98 valence electrons. The van der Waals surface area contributed by atoms with E-state index in [1.165, 1.54) is 0 Å². The summed E-state index contributed by atoms with van der Waals surface area (Å²) in [6.07, 6.45) is 0.